The van der Waals surface area contributed by atoms with E-state index in [2.05, 4.69) is 15.3 Å². The Bertz CT molecular complexity index is 934. The molecule has 1 aliphatic carbocycles. The van der Waals surface area contributed by atoms with Crippen LogP contribution in [0.2, 0.25) is 0 Å². The molecule has 2 heterocycles. The highest BCUT2D eigenvalue weighted by Gasteiger charge is 2.26. The minimum Gasteiger partial charge on any atom is -0.496 e. The lowest BCUT2D eigenvalue weighted by molar-refractivity contribution is 0.184. The summed E-state index contributed by atoms with van der Waals surface area (Å²) in [7, 11) is 1.63. The Morgan fingerprint density at radius 2 is 2.07 bits per heavy atom. The minimum absolute atomic E-state index is 0.0694. The number of ether oxygens (including phenoxy) is 1. The smallest absolute Gasteiger partial charge is 0.317 e. The number of aromatic nitrogens is 2. The average molecular weight is 396 g/mol. The number of para-hydroxylation sites is 1. The molecule has 7 nitrogen and oxygen atoms in total. The van der Waals surface area contributed by atoms with Crippen molar-refractivity contribution in [3.8, 4) is 5.75 Å². The molecule has 29 heavy (non-hydrogen) atoms. The number of amides is 2. The Hall–Kier alpha value is -2.83. The summed E-state index contributed by atoms with van der Waals surface area (Å²) in [5.41, 5.74) is 2.21. The van der Waals surface area contributed by atoms with Gasteiger partial charge < -0.3 is 19.9 Å². The summed E-state index contributed by atoms with van der Waals surface area (Å²) in [5, 5.41) is 3.14. The number of methoxy groups -OCH3 is 1. The fourth-order valence-electron chi connectivity index (χ4n) is 4.28. The van der Waals surface area contributed by atoms with Gasteiger partial charge in [0.15, 0.2) is 0 Å². The molecule has 4 rings (SSSR count). The molecule has 2 N–H and O–H groups in total. The number of nitrogens with one attached hydrogen (secondary N) is 2. The van der Waals surface area contributed by atoms with Gasteiger partial charge in [-0.3, -0.25) is 4.79 Å². The van der Waals surface area contributed by atoms with Crippen molar-refractivity contribution in [2.75, 3.05) is 13.7 Å². The molecule has 0 bridgehead atoms. The highest BCUT2D eigenvalue weighted by molar-refractivity contribution is 5.74. The molecule has 0 unspecified atom stereocenters. The number of fused-ring (bicyclic) bond motifs is 1. The van der Waals surface area contributed by atoms with Crippen molar-refractivity contribution in [2.24, 2.45) is 0 Å². The summed E-state index contributed by atoms with van der Waals surface area (Å²) in [5.74, 6) is 1.40. The van der Waals surface area contributed by atoms with Crippen LogP contribution in [-0.4, -0.2) is 40.6 Å². The van der Waals surface area contributed by atoms with Gasteiger partial charge in [0, 0.05) is 31.0 Å². The predicted octanol–water partition coefficient (Wildman–Crippen LogP) is 2.77. The van der Waals surface area contributed by atoms with Gasteiger partial charge >= 0.3 is 6.03 Å². The van der Waals surface area contributed by atoms with Crippen molar-refractivity contribution in [3.05, 3.63) is 57.3 Å². The molecule has 1 aliphatic heterocycles. The number of urea groups is 1. The van der Waals surface area contributed by atoms with E-state index in [-0.39, 0.29) is 17.6 Å². The third-order valence-corrected chi connectivity index (χ3v) is 5.89. The zero-order valence-electron chi connectivity index (χ0n) is 16.9. The molecule has 2 aromatic rings. The number of carbonyl (C=O) groups is 1. The van der Waals surface area contributed by atoms with Crippen LogP contribution in [-0.2, 0) is 19.4 Å². The van der Waals surface area contributed by atoms with Crippen molar-refractivity contribution in [3.63, 3.8) is 0 Å². The average Bonchev–Trinajstić information content (AvgIpc) is 2.74. The van der Waals surface area contributed by atoms with Gasteiger partial charge in [0.25, 0.3) is 5.56 Å². The van der Waals surface area contributed by atoms with Gasteiger partial charge in [-0.1, -0.05) is 37.5 Å². The SMILES string of the molecule is COc1ccccc1Cc1nc2c(c(=O)[nH]1)CN(C(=O)NC1CCCCC1)CC2. The van der Waals surface area contributed by atoms with Gasteiger partial charge in [0.1, 0.15) is 11.6 Å². The first-order valence-electron chi connectivity index (χ1n) is 10.4. The van der Waals surface area contributed by atoms with E-state index in [0.29, 0.717) is 37.3 Å². The molecule has 2 aliphatic rings. The summed E-state index contributed by atoms with van der Waals surface area (Å²) in [6.45, 7) is 0.890. The van der Waals surface area contributed by atoms with Crippen molar-refractivity contribution < 1.29 is 9.53 Å². The largest absolute Gasteiger partial charge is 0.496 e. The van der Waals surface area contributed by atoms with E-state index in [4.69, 9.17) is 4.74 Å². The van der Waals surface area contributed by atoms with Crippen LogP contribution < -0.4 is 15.6 Å². The summed E-state index contributed by atoms with van der Waals surface area (Å²) in [6.07, 6.45) is 6.78. The zero-order valence-corrected chi connectivity index (χ0v) is 16.9. The predicted molar refractivity (Wildman–Crippen MR) is 110 cm³/mol. The Morgan fingerprint density at radius 1 is 1.28 bits per heavy atom. The number of benzene rings is 1. The quantitative estimate of drug-likeness (QED) is 0.832. The van der Waals surface area contributed by atoms with Crippen LogP contribution in [0.5, 0.6) is 5.75 Å². The van der Waals surface area contributed by atoms with E-state index >= 15 is 0 Å². The number of carbonyl (C=O) groups excluding carboxylic acids is 1. The lowest BCUT2D eigenvalue weighted by atomic mass is 9.96. The lowest BCUT2D eigenvalue weighted by Gasteiger charge is -2.31. The van der Waals surface area contributed by atoms with Crippen molar-refractivity contribution >= 4 is 6.03 Å². The second-order valence-corrected chi connectivity index (χ2v) is 7.88. The molecular weight excluding hydrogens is 368 g/mol. The maximum atomic E-state index is 12.7. The molecule has 0 spiro atoms. The lowest BCUT2D eigenvalue weighted by Crippen LogP contribution is -2.48. The minimum atomic E-state index is -0.157. The second kappa shape index (κ2) is 8.68. The molecule has 1 aromatic heterocycles. The van der Waals surface area contributed by atoms with E-state index in [1.165, 1.54) is 19.3 Å². The topological polar surface area (TPSA) is 87.3 Å². The normalized spacial score (nSPS) is 16.9. The second-order valence-electron chi connectivity index (χ2n) is 7.88. The van der Waals surface area contributed by atoms with E-state index in [1.54, 1.807) is 12.0 Å². The standard InChI is InChI=1S/C22H28N4O3/c1-29-19-10-6-5-7-15(19)13-20-24-18-11-12-26(14-17(18)21(27)25-20)22(28)23-16-8-3-2-4-9-16/h5-7,10,16H,2-4,8-9,11-14H2,1H3,(H,23,28)(H,24,25,27). The summed E-state index contributed by atoms with van der Waals surface area (Å²) in [6, 6.07) is 7.91. The number of aromatic amines is 1. The van der Waals surface area contributed by atoms with Gasteiger partial charge in [0.2, 0.25) is 0 Å². The molecule has 0 atom stereocenters. The molecular formula is C22H28N4O3. The van der Waals surface area contributed by atoms with Crippen molar-refractivity contribution in [2.45, 2.75) is 57.5 Å². The molecule has 1 aromatic carbocycles. The van der Waals surface area contributed by atoms with Crippen molar-refractivity contribution in [1.82, 2.24) is 20.2 Å². The molecule has 1 fully saturated rings. The van der Waals surface area contributed by atoms with Crippen LogP contribution in [0, 0.1) is 0 Å². The fourth-order valence-corrected chi connectivity index (χ4v) is 4.28. The van der Waals surface area contributed by atoms with E-state index in [9.17, 15) is 9.59 Å². The highest BCUT2D eigenvalue weighted by atomic mass is 16.5. The van der Waals surface area contributed by atoms with Gasteiger partial charge in [-0.25, -0.2) is 9.78 Å². The fraction of sp³-hybridized carbons (Fsp3) is 0.500. The maximum Gasteiger partial charge on any atom is 0.317 e. The third-order valence-electron chi connectivity index (χ3n) is 5.89. The first kappa shape index (κ1) is 19.5. The number of hydrogen-bond donors (Lipinski definition) is 2. The first-order valence-corrected chi connectivity index (χ1v) is 10.4. The Kier molecular flexibility index (Phi) is 5.83. The maximum absolute atomic E-state index is 12.7. The Balaban J connectivity index is 1.47. The van der Waals surface area contributed by atoms with Gasteiger partial charge in [-0.2, -0.15) is 0 Å². The molecule has 0 saturated heterocycles. The van der Waals surface area contributed by atoms with Crippen molar-refractivity contribution in [1.29, 1.82) is 0 Å². The summed E-state index contributed by atoms with van der Waals surface area (Å²) < 4.78 is 5.39. The summed E-state index contributed by atoms with van der Waals surface area (Å²) in [4.78, 5) is 34.6. The van der Waals surface area contributed by atoms with E-state index in [1.807, 2.05) is 24.3 Å². The molecule has 1 saturated carbocycles. The molecule has 7 heteroatoms. The molecule has 2 amide bonds. The van der Waals surface area contributed by atoms with Gasteiger partial charge in [-0.15, -0.1) is 0 Å². The number of hydrogen-bond acceptors (Lipinski definition) is 4. The Labute approximate surface area is 170 Å². The number of H-pyrrole nitrogens is 1. The van der Waals surface area contributed by atoms with Crippen LogP contribution in [0.1, 0.15) is 54.7 Å². The zero-order chi connectivity index (χ0) is 20.2. The van der Waals surface area contributed by atoms with Crippen LogP contribution in [0.4, 0.5) is 4.79 Å². The monoisotopic (exact) mass is 396 g/mol. The summed E-state index contributed by atoms with van der Waals surface area (Å²) >= 11 is 0. The number of rotatable bonds is 4. The van der Waals surface area contributed by atoms with Crippen LogP contribution in [0.25, 0.3) is 0 Å². The van der Waals surface area contributed by atoms with Crippen LogP contribution >= 0.6 is 0 Å². The van der Waals surface area contributed by atoms with E-state index in [0.717, 1.165) is 29.8 Å². The highest BCUT2D eigenvalue weighted by Crippen LogP contribution is 2.21. The first-order chi connectivity index (χ1) is 14.1. The number of nitrogens with zero attached hydrogens (tertiary/aromatic N) is 2. The Morgan fingerprint density at radius 3 is 2.86 bits per heavy atom. The van der Waals surface area contributed by atoms with E-state index < -0.39 is 0 Å². The third kappa shape index (κ3) is 4.44. The van der Waals surface area contributed by atoms with Gasteiger partial charge in [-0.05, 0) is 18.9 Å². The molecule has 0 radical (unpaired) electrons. The van der Waals surface area contributed by atoms with Crippen LogP contribution in [0.3, 0.4) is 0 Å². The van der Waals surface area contributed by atoms with Crippen LogP contribution in [0.15, 0.2) is 29.1 Å². The van der Waals surface area contributed by atoms with Gasteiger partial charge in [0.05, 0.1) is 24.9 Å². The molecule has 154 valence electrons.